The lowest BCUT2D eigenvalue weighted by molar-refractivity contribution is -0.155. The topological polar surface area (TPSA) is 57.6 Å². The van der Waals surface area contributed by atoms with E-state index in [0.717, 1.165) is 12.0 Å². The summed E-state index contributed by atoms with van der Waals surface area (Å²) in [4.78, 5) is 26.7. The van der Waals surface area contributed by atoms with E-state index in [0.29, 0.717) is 32.4 Å². The van der Waals surface area contributed by atoms with Crippen molar-refractivity contribution in [2.45, 2.75) is 51.9 Å². The van der Waals surface area contributed by atoms with Crippen LogP contribution in [0, 0.1) is 5.41 Å². The van der Waals surface area contributed by atoms with Crippen LogP contribution in [-0.2, 0) is 15.0 Å². The Morgan fingerprint density at radius 3 is 2.35 bits per heavy atom. The molecule has 1 N–H and O–H groups in total. The van der Waals surface area contributed by atoms with Gasteiger partial charge in [-0.2, -0.15) is 0 Å². The van der Waals surface area contributed by atoms with E-state index >= 15 is 0 Å². The number of nitrogens with zero attached hydrogens (tertiary/aromatic N) is 1. The Morgan fingerprint density at radius 1 is 1.22 bits per heavy atom. The maximum Gasteiger partial charge on any atom is 0.311 e. The lowest BCUT2D eigenvalue weighted by Gasteiger charge is -2.43. The molecular formula is C19H27NO3. The predicted molar refractivity (Wildman–Crippen MR) is 90.3 cm³/mol. The number of carboxylic acid groups (broad SMARTS) is 1. The van der Waals surface area contributed by atoms with Gasteiger partial charge in [-0.05, 0) is 38.2 Å². The van der Waals surface area contributed by atoms with Crippen LogP contribution in [0.5, 0.6) is 0 Å². The first-order valence-corrected chi connectivity index (χ1v) is 8.48. The normalized spacial score (nSPS) is 22.0. The lowest BCUT2D eigenvalue weighted by atomic mass is 9.73. The molecule has 0 spiro atoms. The monoisotopic (exact) mass is 317 g/mol. The largest absolute Gasteiger partial charge is 0.481 e. The fourth-order valence-corrected chi connectivity index (χ4v) is 3.73. The number of hydrogen-bond donors (Lipinski definition) is 1. The zero-order valence-electron chi connectivity index (χ0n) is 14.3. The Balaban J connectivity index is 2.34. The van der Waals surface area contributed by atoms with Crippen LogP contribution in [0.25, 0.3) is 0 Å². The number of carbonyl (C=O) groups is 2. The summed E-state index contributed by atoms with van der Waals surface area (Å²) in [5, 5.41) is 9.49. The first-order chi connectivity index (χ1) is 10.9. The molecule has 0 aliphatic carbocycles. The van der Waals surface area contributed by atoms with Gasteiger partial charge in [0.2, 0.25) is 5.91 Å². The predicted octanol–water partition coefficient (Wildman–Crippen LogP) is 3.46. The highest BCUT2D eigenvalue weighted by Gasteiger charge is 2.45. The van der Waals surface area contributed by atoms with Crippen LogP contribution >= 0.6 is 0 Å². The van der Waals surface area contributed by atoms with Gasteiger partial charge < -0.3 is 10.0 Å². The van der Waals surface area contributed by atoms with Crippen molar-refractivity contribution in [2.24, 2.45) is 5.41 Å². The Hall–Kier alpha value is -1.84. The standard InChI is InChI=1S/C19H27NO3/c1-4-19(5-2,15-10-7-6-8-11-15)16(21)20-13-9-12-18(3,14-20)17(22)23/h6-8,10-11H,4-5,9,12-14H2,1-3H3,(H,22,23). The fraction of sp³-hybridized carbons (Fsp3) is 0.579. The van der Waals surface area contributed by atoms with Crippen molar-refractivity contribution < 1.29 is 14.7 Å². The number of carbonyl (C=O) groups excluding carboxylic acids is 1. The second-order valence-electron chi connectivity index (χ2n) is 6.85. The minimum Gasteiger partial charge on any atom is -0.481 e. The molecule has 1 aromatic carbocycles. The van der Waals surface area contributed by atoms with Crippen molar-refractivity contribution in [3.05, 3.63) is 35.9 Å². The first kappa shape index (κ1) is 17.5. The molecule has 4 nitrogen and oxygen atoms in total. The molecule has 1 fully saturated rings. The van der Waals surface area contributed by atoms with Crippen LogP contribution < -0.4 is 0 Å². The van der Waals surface area contributed by atoms with Gasteiger partial charge in [0.15, 0.2) is 0 Å². The van der Waals surface area contributed by atoms with Crippen molar-refractivity contribution in [2.75, 3.05) is 13.1 Å². The highest BCUT2D eigenvalue weighted by molar-refractivity contribution is 5.89. The fourth-order valence-electron chi connectivity index (χ4n) is 3.73. The van der Waals surface area contributed by atoms with E-state index in [1.165, 1.54) is 0 Å². The number of aliphatic carboxylic acids is 1. The Kier molecular flexibility index (Phi) is 5.12. The molecule has 1 heterocycles. The van der Waals surface area contributed by atoms with Gasteiger partial charge in [0.05, 0.1) is 10.8 Å². The average molecular weight is 317 g/mol. The third kappa shape index (κ3) is 3.12. The molecule has 1 aliphatic rings. The molecule has 23 heavy (non-hydrogen) atoms. The number of rotatable bonds is 5. The summed E-state index contributed by atoms with van der Waals surface area (Å²) in [7, 11) is 0. The van der Waals surface area contributed by atoms with E-state index in [1.54, 1.807) is 11.8 Å². The number of carboxylic acids is 1. The van der Waals surface area contributed by atoms with Gasteiger partial charge in [-0.25, -0.2) is 0 Å². The Morgan fingerprint density at radius 2 is 1.83 bits per heavy atom. The summed E-state index contributed by atoms with van der Waals surface area (Å²) in [5.41, 5.74) is -0.367. The molecule has 0 bridgehead atoms. The smallest absolute Gasteiger partial charge is 0.311 e. The van der Waals surface area contributed by atoms with Crippen molar-refractivity contribution in [1.29, 1.82) is 0 Å². The molecule has 1 aromatic rings. The van der Waals surface area contributed by atoms with E-state index in [1.807, 2.05) is 44.2 Å². The van der Waals surface area contributed by atoms with Gasteiger partial charge in [0, 0.05) is 13.1 Å². The SMILES string of the molecule is CCC(CC)(C(=O)N1CCCC(C)(C(=O)O)C1)c1ccccc1. The summed E-state index contributed by atoms with van der Waals surface area (Å²) in [6, 6.07) is 9.88. The average Bonchev–Trinajstić information content (AvgIpc) is 2.57. The van der Waals surface area contributed by atoms with Crippen molar-refractivity contribution in [3.8, 4) is 0 Å². The minimum atomic E-state index is -0.835. The molecule has 1 atom stereocenters. The van der Waals surface area contributed by atoms with E-state index in [-0.39, 0.29) is 5.91 Å². The number of likely N-dealkylation sites (tertiary alicyclic amines) is 1. The molecule has 0 saturated carbocycles. The molecule has 4 heteroatoms. The third-order valence-corrected chi connectivity index (χ3v) is 5.44. The van der Waals surface area contributed by atoms with Crippen LogP contribution in [-0.4, -0.2) is 35.0 Å². The quantitative estimate of drug-likeness (QED) is 0.905. The van der Waals surface area contributed by atoms with Crippen molar-refractivity contribution >= 4 is 11.9 Å². The molecule has 1 saturated heterocycles. The van der Waals surface area contributed by atoms with Gasteiger partial charge in [-0.3, -0.25) is 9.59 Å². The van der Waals surface area contributed by atoms with Crippen LogP contribution in [0.4, 0.5) is 0 Å². The van der Waals surface area contributed by atoms with Gasteiger partial charge in [0.1, 0.15) is 0 Å². The second-order valence-corrected chi connectivity index (χ2v) is 6.85. The third-order valence-electron chi connectivity index (χ3n) is 5.44. The highest BCUT2D eigenvalue weighted by Crippen LogP contribution is 2.37. The second kappa shape index (κ2) is 6.73. The first-order valence-electron chi connectivity index (χ1n) is 8.48. The van der Waals surface area contributed by atoms with Crippen LogP contribution in [0.2, 0.25) is 0 Å². The number of amides is 1. The molecule has 1 aliphatic heterocycles. The summed E-state index contributed by atoms with van der Waals surface area (Å²) in [5.74, 6) is -0.741. The number of benzene rings is 1. The summed E-state index contributed by atoms with van der Waals surface area (Å²) >= 11 is 0. The molecule has 1 amide bonds. The Labute approximate surface area is 138 Å². The van der Waals surface area contributed by atoms with Crippen LogP contribution in [0.3, 0.4) is 0 Å². The zero-order chi connectivity index (χ0) is 17.1. The van der Waals surface area contributed by atoms with Crippen LogP contribution in [0.1, 0.15) is 52.0 Å². The van der Waals surface area contributed by atoms with E-state index in [9.17, 15) is 14.7 Å². The summed E-state index contributed by atoms with van der Waals surface area (Å²) in [6.07, 6.45) is 2.80. The molecule has 2 rings (SSSR count). The summed E-state index contributed by atoms with van der Waals surface area (Å²) in [6.45, 7) is 6.77. The van der Waals surface area contributed by atoms with Gasteiger partial charge in [0.25, 0.3) is 0 Å². The number of hydrogen-bond acceptors (Lipinski definition) is 2. The molecule has 126 valence electrons. The van der Waals surface area contributed by atoms with Crippen molar-refractivity contribution in [3.63, 3.8) is 0 Å². The van der Waals surface area contributed by atoms with E-state index in [4.69, 9.17) is 0 Å². The zero-order valence-corrected chi connectivity index (χ0v) is 14.3. The maximum atomic E-state index is 13.3. The van der Waals surface area contributed by atoms with Crippen LogP contribution in [0.15, 0.2) is 30.3 Å². The van der Waals surface area contributed by atoms with E-state index in [2.05, 4.69) is 0 Å². The summed E-state index contributed by atoms with van der Waals surface area (Å²) < 4.78 is 0. The minimum absolute atomic E-state index is 0.0703. The number of piperidine rings is 1. The van der Waals surface area contributed by atoms with Gasteiger partial charge in [-0.1, -0.05) is 44.2 Å². The molecule has 0 radical (unpaired) electrons. The van der Waals surface area contributed by atoms with Crippen molar-refractivity contribution in [1.82, 2.24) is 4.90 Å². The Bertz CT molecular complexity index is 565. The maximum absolute atomic E-state index is 13.3. The lowest BCUT2D eigenvalue weighted by Crippen LogP contribution is -2.54. The molecular weight excluding hydrogens is 290 g/mol. The molecule has 0 aromatic heterocycles. The highest BCUT2D eigenvalue weighted by atomic mass is 16.4. The molecule has 1 unspecified atom stereocenters. The van der Waals surface area contributed by atoms with Gasteiger partial charge in [-0.15, -0.1) is 0 Å². The van der Waals surface area contributed by atoms with E-state index < -0.39 is 16.8 Å². The van der Waals surface area contributed by atoms with Gasteiger partial charge >= 0.3 is 5.97 Å².